The van der Waals surface area contributed by atoms with Gasteiger partial charge in [0.2, 0.25) is 0 Å². The second kappa shape index (κ2) is 5.13. The van der Waals surface area contributed by atoms with Crippen molar-refractivity contribution >= 4 is 35.0 Å². The van der Waals surface area contributed by atoms with Crippen LogP contribution in [-0.2, 0) is 6.54 Å². The zero-order valence-electron chi connectivity index (χ0n) is 10.6. The van der Waals surface area contributed by atoms with E-state index in [1.165, 1.54) is 30.3 Å². The van der Waals surface area contributed by atoms with Crippen molar-refractivity contribution in [2.45, 2.75) is 6.54 Å². The number of hydrogen-bond donors (Lipinski definition) is 0. The zero-order valence-corrected chi connectivity index (χ0v) is 12.1. The molecule has 2 amide bonds. The van der Waals surface area contributed by atoms with Crippen LogP contribution in [0.15, 0.2) is 36.4 Å². The summed E-state index contributed by atoms with van der Waals surface area (Å²) in [6, 6.07) is 8.51. The molecule has 0 bridgehead atoms. The first-order valence-corrected chi connectivity index (χ1v) is 6.82. The molecule has 1 aliphatic heterocycles. The summed E-state index contributed by atoms with van der Waals surface area (Å²) in [5.74, 6) is -1.34. The van der Waals surface area contributed by atoms with Crippen molar-refractivity contribution in [3.05, 3.63) is 69.0 Å². The van der Waals surface area contributed by atoms with Crippen LogP contribution in [0.25, 0.3) is 0 Å². The smallest absolute Gasteiger partial charge is 0.261 e. The predicted octanol–water partition coefficient (Wildman–Crippen LogP) is 3.93. The highest BCUT2D eigenvalue weighted by atomic mass is 35.5. The third-order valence-corrected chi connectivity index (χ3v) is 3.96. The van der Waals surface area contributed by atoms with Crippen LogP contribution in [0.1, 0.15) is 26.3 Å². The maximum Gasteiger partial charge on any atom is 0.261 e. The van der Waals surface area contributed by atoms with E-state index >= 15 is 0 Å². The Bertz CT molecular complexity index is 735. The normalized spacial score (nSPS) is 13.8. The number of hydrogen-bond acceptors (Lipinski definition) is 2. The molecule has 3 nitrogen and oxygen atoms in total. The number of imide groups is 1. The van der Waals surface area contributed by atoms with Gasteiger partial charge < -0.3 is 0 Å². The highest BCUT2D eigenvalue weighted by Crippen LogP contribution is 2.32. The Labute approximate surface area is 129 Å². The summed E-state index contributed by atoms with van der Waals surface area (Å²) in [4.78, 5) is 25.6. The second-order valence-corrected chi connectivity index (χ2v) is 5.45. The maximum atomic E-state index is 13.2. The Kier molecular flexibility index (Phi) is 3.43. The summed E-state index contributed by atoms with van der Waals surface area (Å²) in [5, 5.41) is 0.424. The molecule has 0 radical (unpaired) electrons. The van der Waals surface area contributed by atoms with Crippen LogP contribution < -0.4 is 0 Å². The van der Waals surface area contributed by atoms with E-state index in [0.29, 0.717) is 5.56 Å². The minimum absolute atomic E-state index is 0.000650. The van der Waals surface area contributed by atoms with E-state index in [4.69, 9.17) is 23.2 Å². The molecule has 1 aliphatic rings. The summed E-state index contributed by atoms with van der Waals surface area (Å²) in [6.07, 6.45) is 0. The van der Waals surface area contributed by atoms with Gasteiger partial charge in [0, 0.05) is 0 Å². The molecule has 106 valence electrons. The van der Waals surface area contributed by atoms with Gasteiger partial charge in [0.15, 0.2) is 0 Å². The first-order valence-electron chi connectivity index (χ1n) is 6.07. The third-order valence-electron chi connectivity index (χ3n) is 3.24. The minimum Gasteiger partial charge on any atom is -0.270 e. The number of carbonyl (C=O) groups excluding carboxylic acids is 2. The minimum atomic E-state index is -0.460. The molecular weight excluding hydrogens is 316 g/mol. The SMILES string of the molecule is O=C1c2cc(Cl)c(Cl)cc2C(=O)N1Cc1cccc(F)c1. The van der Waals surface area contributed by atoms with Crippen LogP contribution in [0.2, 0.25) is 10.0 Å². The number of benzene rings is 2. The van der Waals surface area contributed by atoms with Crippen LogP contribution in [0.3, 0.4) is 0 Å². The van der Waals surface area contributed by atoms with E-state index in [0.717, 1.165) is 4.90 Å². The summed E-state index contributed by atoms with van der Waals surface area (Å²) in [6.45, 7) is -0.000650. The number of carbonyl (C=O) groups is 2. The molecule has 0 spiro atoms. The first kappa shape index (κ1) is 14.0. The molecule has 6 heteroatoms. The Morgan fingerprint density at radius 2 is 1.52 bits per heavy atom. The van der Waals surface area contributed by atoms with Crippen LogP contribution in [0.5, 0.6) is 0 Å². The number of fused-ring (bicyclic) bond motifs is 1. The lowest BCUT2D eigenvalue weighted by Crippen LogP contribution is -2.29. The summed E-state index contributed by atoms with van der Waals surface area (Å²) in [7, 11) is 0. The standard InChI is InChI=1S/C15H8Cl2FNO2/c16-12-5-10-11(6-13(12)17)15(21)19(14(10)20)7-8-2-1-3-9(18)4-8/h1-6H,7H2. The quantitative estimate of drug-likeness (QED) is 0.785. The number of rotatable bonds is 2. The van der Waals surface area contributed by atoms with Crippen molar-refractivity contribution in [3.8, 4) is 0 Å². The Morgan fingerprint density at radius 3 is 2.05 bits per heavy atom. The molecule has 0 saturated carbocycles. The topological polar surface area (TPSA) is 37.4 Å². The molecule has 1 heterocycles. The van der Waals surface area contributed by atoms with Gasteiger partial charge in [0.05, 0.1) is 27.7 Å². The molecule has 2 aromatic carbocycles. The fraction of sp³-hybridized carbons (Fsp3) is 0.0667. The molecule has 0 saturated heterocycles. The summed E-state index contributed by atoms with van der Waals surface area (Å²) in [5.41, 5.74) is 0.957. The summed E-state index contributed by atoms with van der Waals surface area (Å²) < 4.78 is 13.2. The Hall–Kier alpha value is -1.91. The molecule has 0 aromatic heterocycles. The van der Waals surface area contributed by atoms with Gasteiger partial charge in [-0.2, -0.15) is 0 Å². The fourth-order valence-corrected chi connectivity index (χ4v) is 2.57. The largest absolute Gasteiger partial charge is 0.270 e. The lowest BCUT2D eigenvalue weighted by atomic mass is 10.1. The lowest BCUT2D eigenvalue weighted by molar-refractivity contribution is 0.0642. The molecule has 0 fully saturated rings. The molecule has 0 N–H and O–H groups in total. The van der Waals surface area contributed by atoms with E-state index in [9.17, 15) is 14.0 Å². The van der Waals surface area contributed by atoms with Crippen molar-refractivity contribution in [2.75, 3.05) is 0 Å². The highest BCUT2D eigenvalue weighted by Gasteiger charge is 2.36. The molecule has 3 rings (SSSR count). The zero-order chi connectivity index (χ0) is 15.1. The second-order valence-electron chi connectivity index (χ2n) is 4.64. The van der Waals surface area contributed by atoms with Gasteiger partial charge in [-0.15, -0.1) is 0 Å². The van der Waals surface area contributed by atoms with Crippen LogP contribution in [-0.4, -0.2) is 16.7 Å². The van der Waals surface area contributed by atoms with E-state index in [1.54, 1.807) is 6.07 Å². The van der Waals surface area contributed by atoms with Crippen molar-refractivity contribution < 1.29 is 14.0 Å². The van der Waals surface area contributed by atoms with Crippen LogP contribution >= 0.6 is 23.2 Å². The number of halogens is 3. The van der Waals surface area contributed by atoms with Crippen LogP contribution in [0, 0.1) is 5.82 Å². The van der Waals surface area contributed by atoms with Crippen molar-refractivity contribution in [3.63, 3.8) is 0 Å². The summed E-state index contributed by atoms with van der Waals surface area (Å²) >= 11 is 11.7. The first-order chi connectivity index (χ1) is 9.97. The molecule has 21 heavy (non-hydrogen) atoms. The Morgan fingerprint density at radius 1 is 0.952 bits per heavy atom. The monoisotopic (exact) mass is 323 g/mol. The van der Waals surface area contributed by atoms with Gasteiger partial charge in [-0.1, -0.05) is 35.3 Å². The molecule has 0 aliphatic carbocycles. The van der Waals surface area contributed by atoms with E-state index < -0.39 is 17.6 Å². The highest BCUT2D eigenvalue weighted by molar-refractivity contribution is 6.43. The number of nitrogens with zero attached hydrogens (tertiary/aromatic N) is 1. The average Bonchev–Trinajstić information content (AvgIpc) is 2.65. The van der Waals surface area contributed by atoms with E-state index in [2.05, 4.69) is 0 Å². The fourth-order valence-electron chi connectivity index (χ4n) is 2.25. The average molecular weight is 324 g/mol. The van der Waals surface area contributed by atoms with Gasteiger partial charge in [-0.3, -0.25) is 14.5 Å². The predicted molar refractivity (Wildman–Crippen MR) is 77.1 cm³/mol. The number of amides is 2. The third kappa shape index (κ3) is 2.41. The van der Waals surface area contributed by atoms with Crippen LogP contribution in [0.4, 0.5) is 4.39 Å². The molecule has 0 atom stereocenters. The van der Waals surface area contributed by atoms with Gasteiger partial charge in [0.1, 0.15) is 5.82 Å². The van der Waals surface area contributed by atoms with Crippen molar-refractivity contribution in [2.24, 2.45) is 0 Å². The Balaban J connectivity index is 1.96. The van der Waals surface area contributed by atoms with Gasteiger partial charge in [0.25, 0.3) is 11.8 Å². The maximum absolute atomic E-state index is 13.2. The van der Waals surface area contributed by atoms with Crippen molar-refractivity contribution in [1.82, 2.24) is 4.90 Å². The van der Waals surface area contributed by atoms with Crippen molar-refractivity contribution in [1.29, 1.82) is 0 Å². The molecular formula is C15H8Cl2FNO2. The van der Waals surface area contributed by atoms with Gasteiger partial charge in [-0.25, -0.2) is 4.39 Å². The lowest BCUT2D eigenvalue weighted by Gasteiger charge is -2.13. The molecule has 2 aromatic rings. The van der Waals surface area contributed by atoms with Gasteiger partial charge >= 0.3 is 0 Å². The van der Waals surface area contributed by atoms with Gasteiger partial charge in [-0.05, 0) is 29.8 Å². The van der Waals surface area contributed by atoms with E-state index in [-0.39, 0.29) is 27.7 Å². The molecule has 0 unspecified atom stereocenters. The van der Waals surface area contributed by atoms with E-state index in [1.807, 2.05) is 0 Å².